The van der Waals surface area contributed by atoms with Gasteiger partial charge >= 0.3 is 0 Å². The predicted octanol–water partition coefficient (Wildman–Crippen LogP) is 4.55. The number of ketones is 1. The Labute approximate surface area is 110 Å². The maximum atomic E-state index is 12.1. The fourth-order valence-corrected chi connectivity index (χ4v) is 2.05. The van der Waals surface area contributed by atoms with Gasteiger partial charge in [-0.25, -0.2) is 0 Å². The third kappa shape index (κ3) is 4.52. The molecule has 1 rings (SSSR count). The van der Waals surface area contributed by atoms with Crippen LogP contribution in [0.2, 0.25) is 0 Å². The van der Waals surface area contributed by atoms with Crippen molar-refractivity contribution in [3.8, 4) is 5.75 Å². The van der Waals surface area contributed by atoms with Crippen LogP contribution in [0.4, 0.5) is 0 Å². The van der Waals surface area contributed by atoms with Crippen molar-refractivity contribution in [1.82, 2.24) is 0 Å². The van der Waals surface area contributed by atoms with Crippen LogP contribution in [0.3, 0.4) is 0 Å². The van der Waals surface area contributed by atoms with Crippen LogP contribution in [0.25, 0.3) is 0 Å². The summed E-state index contributed by atoms with van der Waals surface area (Å²) < 4.78 is 5.27. The van der Waals surface area contributed by atoms with Gasteiger partial charge in [0.15, 0.2) is 5.78 Å². The van der Waals surface area contributed by atoms with Gasteiger partial charge in [-0.3, -0.25) is 4.79 Å². The second-order valence-corrected chi connectivity index (χ2v) is 4.79. The van der Waals surface area contributed by atoms with Gasteiger partial charge in [0.05, 0.1) is 12.7 Å². The molecule has 2 heteroatoms. The molecule has 1 aromatic carbocycles. The van der Waals surface area contributed by atoms with Crippen LogP contribution in [0.15, 0.2) is 18.2 Å². The summed E-state index contributed by atoms with van der Waals surface area (Å²) >= 11 is 0. The Morgan fingerprint density at radius 2 is 1.89 bits per heavy atom. The number of hydrogen-bond acceptors (Lipinski definition) is 2. The Kier molecular flexibility index (Phi) is 6.48. The number of benzene rings is 1. The molecule has 0 amide bonds. The molecule has 0 radical (unpaired) electrons. The molecule has 0 aromatic heterocycles. The molecule has 0 atom stereocenters. The van der Waals surface area contributed by atoms with E-state index in [1.54, 1.807) is 7.11 Å². The number of methoxy groups -OCH3 is 1. The highest BCUT2D eigenvalue weighted by molar-refractivity contribution is 5.98. The SMILES string of the molecule is CCCCCCCC(=O)c1ccc(C)cc1OC. The molecule has 18 heavy (non-hydrogen) atoms. The van der Waals surface area contributed by atoms with Gasteiger partial charge < -0.3 is 4.74 Å². The molecule has 2 nitrogen and oxygen atoms in total. The number of aryl methyl sites for hydroxylation is 1. The number of Topliss-reactive ketones (excluding diaryl/α,β-unsaturated/α-hetero) is 1. The van der Waals surface area contributed by atoms with Crippen LogP contribution in [0.1, 0.15) is 61.4 Å². The fourth-order valence-electron chi connectivity index (χ4n) is 2.05. The van der Waals surface area contributed by atoms with Crippen LogP contribution in [-0.4, -0.2) is 12.9 Å². The zero-order valence-corrected chi connectivity index (χ0v) is 11.8. The van der Waals surface area contributed by atoms with Gasteiger partial charge in [-0.2, -0.15) is 0 Å². The van der Waals surface area contributed by atoms with E-state index in [9.17, 15) is 4.79 Å². The molecule has 0 saturated carbocycles. The molecule has 100 valence electrons. The van der Waals surface area contributed by atoms with Gasteiger partial charge in [0.1, 0.15) is 5.75 Å². The van der Waals surface area contributed by atoms with Gasteiger partial charge in [-0.05, 0) is 31.0 Å². The van der Waals surface area contributed by atoms with Gasteiger partial charge in [0.2, 0.25) is 0 Å². The van der Waals surface area contributed by atoms with Crippen molar-refractivity contribution in [2.75, 3.05) is 7.11 Å². The van der Waals surface area contributed by atoms with E-state index in [0.717, 1.165) is 24.0 Å². The van der Waals surface area contributed by atoms with Crippen LogP contribution in [-0.2, 0) is 0 Å². The van der Waals surface area contributed by atoms with Crippen LogP contribution >= 0.6 is 0 Å². The third-order valence-electron chi connectivity index (χ3n) is 3.16. The monoisotopic (exact) mass is 248 g/mol. The minimum absolute atomic E-state index is 0.198. The largest absolute Gasteiger partial charge is 0.496 e. The molecule has 0 fully saturated rings. The Morgan fingerprint density at radius 1 is 1.17 bits per heavy atom. The molecule has 1 aromatic rings. The summed E-state index contributed by atoms with van der Waals surface area (Å²) in [4.78, 5) is 12.1. The van der Waals surface area contributed by atoms with Crippen molar-refractivity contribution in [3.63, 3.8) is 0 Å². The van der Waals surface area contributed by atoms with E-state index >= 15 is 0 Å². The van der Waals surface area contributed by atoms with Crippen molar-refractivity contribution < 1.29 is 9.53 Å². The molecule has 0 aliphatic carbocycles. The Bertz CT molecular complexity index is 383. The summed E-state index contributed by atoms with van der Waals surface area (Å²) in [6.07, 6.45) is 6.49. The van der Waals surface area contributed by atoms with E-state index in [1.807, 2.05) is 25.1 Å². The fraction of sp³-hybridized carbons (Fsp3) is 0.562. The van der Waals surface area contributed by atoms with Crippen LogP contribution < -0.4 is 4.74 Å². The average molecular weight is 248 g/mol. The van der Waals surface area contributed by atoms with Gasteiger partial charge in [0.25, 0.3) is 0 Å². The Morgan fingerprint density at radius 3 is 2.56 bits per heavy atom. The zero-order chi connectivity index (χ0) is 13.4. The van der Waals surface area contributed by atoms with Gasteiger partial charge in [-0.1, -0.05) is 38.7 Å². The lowest BCUT2D eigenvalue weighted by atomic mass is 10.0. The molecule has 0 unspecified atom stereocenters. The Hall–Kier alpha value is -1.31. The van der Waals surface area contributed by atoms with E-state index in [-0.39, 0.29) is 5.78 Å². The first-order chi connectivity index (χ1) is 8.69. The predicted molar refractivity (Wildman–Crippen MR) is 75.4 cm³/mol. The second kappa shape index (κ2) is 7.91. The van der Waals surface area contributed by atoms with E-state index in [4.69, 9.17) is 4.74 Å². The van der Waals surface area contributed by atoms with E-state index < -0.39 is 0 Å². The summed E-state index contributed by atoms with van der Waals surface area (Å²) in [6, 6.07) is 5.76. The van der Waals surface area contributed by atoms with Crippen molar-refractivity contribution in [2.45, 2.75) is 52.4 Å². The molecular weight excluding hydrogens is 224 g/mol. The molecule has 0 aliphatic rings. The molecule has 0 spiro atoms. The number of carbonyl (C=O) groups is 1. The van der Waals surface area contributed by atoms with Crippen molar-refractivity contribution >= 4 is 5.78 Å². The summed E-state index contributed by atoms with van der Waals surface area (Å²) in [5, 5.41) is 0. The van der Waals surface area contributed by atoms with Crippen molar-refractivity contribution in [1.29, 1.82) is 0 Å². The Balaban J connectivity index is 2.51. The summed E-state index contributed by atoms with van der Waals surface area (Å²) in [5.74, 6) is 0.900. The molecule has 0 bridgehead atoms. The quantitative estimate of drug-likeness (QED) is 0.498. The van der Waals surface area contributed by atoms with Gasteiger partial charge in [0, 0.05) is 6.42 Å². The minimum atomic E-state index is 0.198. The highest BCUT2D eigenvalue weighted by Gasteiger charge is 2.11. The van der Waals surface area contributed by atoms with Crippen LogP contribution in [0, 0.1) is 6.92 Å². The minimum Gasteiger partial charge on any atom is -0.496 e. The topological polar surface area (TPSA) is 26.3 Å². The number of carbonyl (C=O) groups excluding carboxylic acids is 1. The van der Waals surface area contributed by atoms with Crippen molar-refractivity contribution in [2.24, 2.45) is 0 Å². The molecule has 0 heterocycles. The number of rotatable bonds is 8. The van der Waals surface area contributed by atoms with E-state index in [1.165, 1.54) is 19.3 Å². The van der Waals surface area contributed by atoms with E-state index in [2.05, 4.69) is 6.92 Å². The number of hydrogen-bond donors (Lipinski definition) is 0. The average Bonchev–Trinajstić information content (AvgIpc) is 2.38. The van der Waals surface area contributed by atoms with E-state index in [0.29, 0.717) is 12.2 Å². The lowest BCUT2D eigenvalue weighted by Gasteiger charge is -2.08. The summed E-state index contributed by atoms with van der Waals surface area (Å²) in [7, 11) is 1.62. The highest BCUT2D eigenvalue weighted by atomic mass is 16.5. The first-order valence-corrected chi connectivity index (χ1v) is 6.87. The number of unbranched alkanes of at least 4 members (excludes halogenated alkanes) is 4. The van der Waals surface area contributed by atoms with Crippen molar-refractivity contribution in [3.05, 3.63) is 29.3 Å². The van der Waals surface area contributed by atoms with Gasteiger partial charge in [-0.15, -0.1) is 0 Å². The lowest BCUT2D eigenvalue weighted by molar-refractivity contribution is 0.0976. The maximum Gasteiger partial charge on any atom is 0.166 e. The molecular formula is C16H24O2. The first-order valence-electron chi connectivity index (χ1n) is 6.87. The summed E-state index contributed by atoms with van der Waals surface area (Å²) in [5.41, 5.74) is 1.84. The first kappa shape index (κ1) is 14.7. The summed E-state index contributed by atoms with van der Waals surface area (Å²) in [6.45, 7) is 4.20. The standard InChI is InChI=1S/C16H24O2/c1-4-5-6-7-8-9-15(17)14-11-10-13(2)12-16(14)18-3/h10-12H,4-9H2,1-3H3. The molecule has 0 N–H and O–H groups in total. The number of ether oxygens (including phenoxy) is 1. The molecule has 0 saturated heterocycles. The second-order valence-electron chi connectivity index (χ2n) is 4.79. The zero-order valence-electron chi connectivity index (χ0n) is 11.8. The molecule has 0 aliphatic heterocycles. The third-order valence-corrected chi connectivity index (χ3v) is 3.16. The highest BCUT2D eigenvalue weighted by Crippen LogP contribution is 2.22. The van der Waals surface area contributed by atoms with Crippen LogP contribution in [0.5, 0.6) is 5.75 Å². The maximum absolute atomic E-state index is 12.1. The lowest BCUT2D eigenvalue weighted by Crippen LogP contribution is -2.02. The normalized spacial score (nSPS) is 10.4. The smallest absolute Gasteiger partial charge is 0.166 e.